The van der Waals surface area contributed by atoms with Crippen molar-refractivity contribution in [3.8, 4) is 17.2 Å². The highest BCUT2D eigenvalue weighted by Crippen LogP contribution is 2.62. The quantitative estimate of drug-likeness (QED) is 0.0291. The number of nitro benzene ring substituents is 2. The maximum absolute atomic E-state index is 14.5. The first kappa shape index (κ1) is 51.7. The van der Waals surface area contributed by atoms with Crippen LogP contribution in [0.2, 0.25) is 0 Å². The van der Waals surface area contributed by atoms with Gasteiger partial charge >= 0.3 is 0 Å². The highest BCUT2D eigenvalue weighted by Gasteiger charge is 2.65. The molecule has 1 saturated carbocycles. The van der Waals surface area contributed by atoms with Crippen LogP contribution < -0.4 is 9.47 Å². The van der Waals surface area contributed by atoms with E-state index in [4.69, 9.17) is 24.2 Å². The van der Waals surface area contributed by atoms with Gasteiger partial charge in [-0.1, -0.05) is 94.5 Å². The van der Waals surface area contributed by atoms with Gasteiger partial charge in [-0.25, -0.2) is 0 Å². The largest absolute Gasteiger partial charge is 0.459 e. The molecule has 6 rings (SSSR count). The Balaban J connectivity index is 1.45. The molecule has 15 heteroatoms. The minimum Gasteiger partial charge on any atom is -0.459 e. The van der Waals surface area contributed by atoms with Gasteiger partial charge in [-0.2, -0.15) is 0 Å². The van der Waals surface area contributed by atoms with E-state index >= 15 is 0 Å². The van der Waals surface area contributed by atoms with Gasteiger partial charge in [0.05, 0.1) is 34.1 Å². The summed E-state index contributed by atoms with van der Waals surface area (Å²) in [5.74, 6) is -1.04. The summed E-state index contributed by atoms with van der Waals surface area (Å²) in [5, 5.41) is 47.8. The molecule has 1 heterocycles. The van der Waals surface area contributed by atoms with Gasteiger partial charge in [0.2, 0.25) is 11.7 Å². The van der Waals surface area contributed by atoms with Gasteiger partial charge in [0, 0.05) is 62.8 Å². The second-order valence-electron chi connectivity index (χ2n) is 18.4. The fraction of sp³-hybridized carbons (Fsp3) is 0.547. The SMILES string of the molecule is C=CCO[C@@]12Oc3ccc(Oc4cccc([N+](=O)[O-])c4)cc3[C@H]3[C@H](CCCCO)[C@@H](CCCCO)C=C(C(=NOCc4ccc([N+](=O)[O-])cc4)C[C@@H]1N(C)C(=O)CCCCCCCCCCC)[C@H]32. The Morgan fingerprint density at radius 2 is 1.54 bits per heavy atom. The number of benzene rings is 3. The minimum absolute atomic E-state index is 0.0108. The number of rotatable bonds is 29. The number of hydrogen-bond donors (Lipinski definition) is 2. The lowest BCUT2D eigenvalue weighted by Crippen LogP contribution is -2.69. The number of oxime groups is 1. The third kappa shape index (κ3) is 12.9. The summed E-state index contributed by atoms with van der Waals surface area (Å²) in [7, 11) is 1.81. The summed E-state index contributed by atoms with van der Waals surface area (Å²) in [6, 6.07) is 17.0. The van der Waals surface area contributed by atoms with Crippen LogP contribution in [0, 0.1) is 38.0 Å². The number of carbonyl (C=O) groups is 1. The van der Waals surface area contributed by atoms with E-state index in [9.17, 15) is 35.2 Å². The maximum atomic E-state index is 14.5. The molecule has 2 aliphatic carbocycles. The van der Waals surface area contributed by atoms with Gasteiger partial charge in [0.15, 0.2) is 0 Å². The standard InChI is InChI=1S/C53H70N4O11/c1-4-6-7-8-9-10-11-12-13-23-50(60)55(3)49-36-47(54-66-37-38-24-26-40(27-25-38)56(61)62)45-33-39(19-14-16-30-58)44(22-15-17-31-59)51-46-35-43(67-42-21-18-20-41(34-42)57(63)64)28-29-48(46)68-53(49,52(45)51)65-32-5-2/h5,18,20-21,24-29,33-35,39,44,49,51-52,58-59H,2,4,6-17,19,22-23,30-32,36-37H2,1,3H3/t39-,44+,49-,51+,52+,53+/m0/s1. The number of allylic oxidation sites excluding steroid dienone is 1. The molecule has 1 fully saturated rings. The number of aliphatic hydroxyl groups excluding tert-OH is 2. The number of fused-ring (bicyclic) bond motifs is 2. The number of likely N-dealkylation sites (N-methyl/N-ethyl adjacent to an activating group) is 1. The summed E-state index contributed by atoms with van der Waals surface area (Å²) >= 11 is 0. The normalized spacial score (nSPS) is 22.0. The lowest BCUT2D eigenvalue weighted by molar-refractivity contribution is -0.385. The Labute approximate surface area is 400 Å². The zero-order valence-corrected chi connectivity index (χ0v) is 39.8. The number of hydrogen-bond acceptors (Lipinski definition) is 12. The third-order valence-electron chi connectivity index (χ3n) is 13.8. The van der Waals surface area contributed by atoms with Gasteiger partial charge in [-0.05, 0) is 91.5 Å². The zero-order chi connectivity index (χ0) is 48.5. The summed E-state index contributed by atoms with van der Waals surface area (Å²) in [6.07, 6.45) is 18.9. The van der Waals surface area contributed by atoms with Crippen LogP contribution in [-0.2, 0) is 21.0 Å². The smallest absolute Gasteiger partial charge is 0.273 e. The van der Waals surface area contributed by atoms with Gasteiger partial charge < -0.3 is 34.2 Å². The molecule has 1 aliphatic heterocycles. The van der Waals surface area contributed by atoms with Crippen LogP contribution in [0.5, 0.6) is 17.2 Å². The third-order valence-corrected chi connectivity index (χ3v) is 13.8. The molecule has 3 aliphatic rings. The van der Waals surface area contributed by atoms with E-state index < -0.39 is 27.6 Å². The molecule has 15 nitrogen and oxygen atoms in total. The predicted octanol–water partition coefficient (Wildman–Crippen LogP) is 11.5. The first-order chi connectivity index (χ1) is 33.0. The number of carbonyl (C=O) groups excluding carboxylic acids is 1. The molecule has 0 bridgehead atoms. The van der Waals surface area contributed by atoms with E-state index in [0.29, 0.717) is 47.8 Å². The predicted molar refractivity (Wildman–Crippen MR) is 261 cm³/mol. The molecule has 368 valence electrons. The lowest BCUT2D eigenvalue weighted by Gasteiger charge is -2.59. The molecular weight excluding hydrogens is 869 g/mol. The first-order valence-electron chi connectivity index (χ1n) is 24.7. The molecule has 0 unspecified atom stereocenters. The van der Waals surface area contributed by atoms with E-state index in [-0.39, 0.29) is 67.9 Å². The number of amides is 1. The van der Waals surface area contributed by atoms with E-state index in [1.807, 2.05) is 19.2 Å². The van der Waals surface area contributed by atoms with Gasteiger partial charge in [-0.15, -0.1) is 6.58 Å². The van der Waals surface area contributed by atoms with Gasteiger partial charge in [-0.3, -0.25) is 25.0 Å². The number of unbranched alkanes of at least 4 members (excludes halogenated alkanes) is 10. The molecule has 68 heavy (non-hydrogen) atoms. The molecule has 6 atom stereocenters. The highest BCUT2D eigenvalue weighted by molar-refractivity contribution is 6.03. The molecule has 1 amide bonds. The molecule has 3 aromatic rings. The summed E-state index contributed by atoms with van der Waals surface area (Å²) in [4.78, 5) is 44.5. The number of ether oxygens (including phenoxy) is 3. The topological polar surface area (TPSA) is 196 Å². The van der Waals surface area contributed by atoms with Crippen molar-refractivity contribution in [3.05, 3.63) is 122 Å². The van der Waals surface area contributed by atoms with Crippen molar-refractivity contribution in [2.45, 2.75) is 140 Å². The van der Waals surface area contributed by atoms with Crippen molar-refractivity contribution in [1.29, 1.82) is 0 Å². The molecular formula is C53H70N4O11. The van der Waals surface area contributed by atoms with Crippen molar-refractivity contribution >= 4 is 23.0 Å². The second-order valence-corrected chi connectivity index (χ2v) is 18.4. The van der Waals surface area contributed by atoms with Crippen LogP contribution in [0.25, 0.3) is 0 Å². The van der Waals surface area contributed by atoms with Gasteiger partial charge in [0.1, 0.15) is 29.9 Å². The minimum atomic E-state index is -1.42. The Bertz CT molecular complexity index is 2210. The zero-order valence-electron chi connectivity index (χ0n) is 39.8. The van der Waals surface area contributed by atoms with Crippen molar-refractivity contribution < 1.29 is 43.9 Å². The van der Waals surface area contributed by atoms with Crippen LogP contribution in [0.15, 0.2) is 96.2 Å². The van der Waals surface area contributed by atoms with E-state index in [2.05, 4.69) is 19.6 Å². The lowest BCUT2D eigenvalue weighted by atomic mass is 9.55. The fourth-order valence-corrected chi connectivity index (χ4v) is 10.4. The number of nitrogens with zero attached hydrogens (tertiary/aromatic N) is 4. The molecule has 0 saturated heterocycles. The van der Waals surface area contributed by atoms with Crippen molar-refractivity contribution in [1.82, 2.24) is 4.90 Å². The van der Waals surface area contributed by atoms with E-state index in [1.54, 1.807) is 41.3 Å². The van der Waals surface area contributed by atoms with Crippen LogP contribution in [0.4, 0.5) is 11.4 Å². The summed E-state index contributed by atoms with van der Waals surface area (Å²) < 4.78 is 20.6. The summed E-state index contributed by atoms with van der Waals surface area (Å²) in [6.45, 7) is 6.49. The fourth-order valence-electron chi connectivity index (χ4n) is 10.4. The van der Waals surface area contributed by atoms with E-state index in [0.717, 1.165) is 62.5 Å². The highest BCUT2D eigenvalue weighted by atomic mass is 16.7. The van der Waals surface area contributed by atoms with Gasteiger partial charge in [0.25, 0.3) is 11.4 Å². The average Bonchev–Trinajstić information content (AvgIpc) is 3.34. The van der Waals surface area contributed by atoms with Crippen LogP contribution in [0.1, 0.15) is 133 Å². The van der Waals surface area contributed by atoms with Crippen molar-refractivity contribution in [2.24, 2.45) is 22.9 Å². The number of aliphatic hydroxyl groups is 2. The Kier molecular flexibility index (Phi) is 19.5. The average molecular weight is 939 g/mol. The van der Waals surface area contributed by atoms with Crippen molar-refractivity contribution in [3.63, 3.8) is 0 Å². The van der Waals surface area contributed by atoms with Crippen LogP contribution in [-0.4, -0.2) is 75.3 Å². The first-order valence-corrected chi connectivity index (χ1v) is 24.7. The number of nitro groups is 2. The Morgan fingerprint density at radius 3 is 2.22 bits per heavy atom. The van der Waals surface area contributed by atoms with Crippen molar-refractivity contribution in [2.75, 3.05) is 26.9 Å². The monoisotopic (exact) mass is 939 g/mol. The maximum Gasteiger partial charge on any atom is 0.273 e. The molecule has 0 spiro atoms. The van der Waals surface area contributed by atoms with Crippen LogP contribution >= 0.6 is 0 Å². The molecule has 0 radical (unpaired) electrons. The van der Waals surface area contributed by atoms with Crippen LogP contribution in [0.3, 0.4) is 0 Å². The molecule has 2 N–H and O–H groups in total. The summed E-state index contributed by atoms with van der Waals surface area (Å²) in [5.41, 5.74) is 2.90. The molecule has 3 aromatic carbocycles. The Morgan fingerprint density at radius 1 is 0.868 bits per heavy atom. The second kappa shape index (κ2) is 25.6. The Hall–Kier alpha value is -5.64. The number of non-ortho nitro benzene ring substituents is 2. The molecule has 0 aromatic heterocycles. The van der Waals surface area contributed by atoms with E-state index in [1.165, 1.54) is 56.4 Å².